The molecule has 1 saturated carbocycles. The molecular formula is C11H16BrClN2. The molecule has 0 aromatic carbocycles. The van der Waals surface area contributed by atoms with Crippen LogP contribution in [-0.4, -0.2) is 4.98 Å². The highest BCUT2D eigenvalue weighted by molar-refractivity contribution is 9.10. The average molecular weight is 292 g/mol. The first-order chi connectivity index (χ1) is 6.77. The van der Waals surface area contributed by atoms with E-state index in [2.05, 4.69) is 20.9 Å². The van der Waals surface area contributed by atoms with Gasteiger partial charge in [-0.05, 0) is 52.4 Å². The summed E-state index contributed by atoms with van der Waals surface area (Å²) >= 11 is 3.37. The minimum absolute atomic E-state index is 0. The number of rotatable bonds is 2. The van der Waals surface area contributed by atoms with Crippen molar-refractivity contribution < 1.29 is 0 Å². The molecule has 1 aliphatic carbocycles. The van der Waals surface area contributed by atoms with Gasteiger partial charge in [0.05, 0.1) is 0 Å². The van der Waals surface area contributed by atoms with Crippen molar-refractivity contribution in [3.05, 3.63) is 28.5 Å². The van der Waals surface area contributed by atoms with Gasteiger partial charge in [0.25, 0.3) is 0 Å². The molecule has 1 fully saturated rings. The third-order valence-electron chi connectivity index (χ3n) is 3.04. The second kappa shape index (κ2) is 5.83. The van der Waals surface area contributed by atoms with Crippen LogP contribution in [0.1, 0.15) is 37.3 Å². The fourth-order valence-electron chi connectivity index (χ4n) is 2.21. The van der Waals surface area contributed by atoms with Crippen LogP contribution in [0, 0.1) is 5.92 Å². The fourth-order valence-corrected chi connectivity index (χ4v) is 2.60. The first-order valence-electron chi connectivity index (χ1n) is 5.14. The van der Waals surface area contributed by atoms with Gasteiger partial charge in [0, 0.05) is 12.2 Å². The second-order valence-electron chi connectivity index (χ2n) is 3.98. The molecule has 4 heteroatoms. The maximum absolute atomic E-state index is 6.22. The molecule has 1 aliphatic rings. The van der Waals surface area contributed by atoms with Gasteiger partial charge in [0.1, 0.15) is 4.60 Å². The van der Waals surface area contributed by atoms with Crippen LogP contribution in [0.4, 0.5) is 0 Å². The molecule has 0 saturated heterocycles. The number of halogens is 2. The normalized spacial score (nSPS) is 18.5. The van der Waals surface area contributed by atoms with E-state index in [4.69, 9.17) is 5.73 Å². The number of nitrogens with zero attached hydrogens (tertiary/aromatic N) is 1. The van der Waals surface area contributed by atoms with Crippen LogP contribution in [0.15, 0.2) is 22.9 Å². The lowest BCUT2D eigenvalue weighted by Crippen LogP contribution is -2.19. The van der Waals surface area contributed by atoms with Crippen molar-refractivity contribution in [3.63, 3.8) is 0 Å². The van der Waals surface area contributed by atoms with E-state index in [1.807, 2.05) is 18.3 Å². The summed E-state index contributed by atoms with van der Waals surface area (Å²) in [6, 6.07) is 4.24. The first-order valence-corrected chi connectivity index (χ1v) is 5.93. The first kappa shape index (κ1) is 12.9. The standard InChI is InChI=1S/C11H15BrN2.ClH/c12-10-7-9(5-6-14-10)11(13)8-3-1-2-4-8;/h5-8,11H,1-4,13H2;1H/t11-;/m0./s1. The third kappa shape index (κ3) is 3.16. The van der Waals surface area contributed by atoms with Crippen LogP contribution in [0.25, 0.3) is 0 Å². The average Bonchev–Trinajstić information content (AvgIpc) is 2.69. The highest BCUT2D eigenvalue weighted by Gasteiger charge is 2.23. The van der Waals surface area contributed by atoms with Gasteiger partial charge in [-0.3, -0.25) is 0 Å². The lowest BCUT2D eigenvalue weighted by Gasteiger charge is -2.18. The predicted octanol–water partition coefficient (Wildman–Crippen LogP) is 3.46. The minimum Gasteiger partial charge on any atom is -0.324 e. The Bertz CT molecular complexity index is 313. The Morgan fingerprint density at radius 3 is 2.67 bits per heavy atom. The largest absolute Gasteiger partial charge is 0.324 e. The predicted molar refractivity (Wildman–Crippen MR) is 68.1 cm³/mol. The SMILES string of the molecule is Cl.N[C@H](c1ccnc(Br)c1)C1CCCC1. The maximum atomic E-state index is 6.22. The van der Waals surface area contributed by atoms with Crippen molar-refractivity contribution in [2.45, 2.75) is 31.7 Å². The molecule has 15 heavy (non-hydrogen) atoms. The van der Waals surface area contributed by atoms with E-state index in [-0.39, 0.29) is 18.4 Å². The molecule has 0 unspecified atom stereocenters. The summed E-state index contributed by atoms with van der Waals surface area (Å²) in [7, 11) is 0. The zero-order valence-electron chi connectivity index (χ0n) is 8.53. The molecule has 0 amide bonds. The smallest absolute Gasteiger partial charge is 0.106 e. The molecule has 0 aliphatic heterocycles. The van der Waals surface area contributed by atoms with E-state index in [1.165, 1.54) is 31.2 Å². The summed E-state index contributed by atoms with van der Waals surface area (Å²) in [5, 5.41) is 0. The van der Waals surface area contributed by atoms with E-state index >= 15 is 0 Å². The zero-order chi connectivity index (χ0) is 9.97. The number of pyridine rings is 1. The summed E-state index contributed by atoms with van der Waals surface area (Å²) < 4.78 is 0.878. The van der Waals surface area contributed by atoms with Crippen molar-refractivity contribution in [2.75, 3.05) is 0 Å². The van der Waals surface area contributed by atoms with Crippen LogP contribution < -0.4 is 5.73 Å². The number of nitrogens with two attached hydrogens (primary N) is 1. The summed E-state index contributed by atoms with van der Waals surface area (Å²) in [4.78, 5) is 4.11. The van der Waals surface area contributed by atoms with Gasteiger partial charge >= 0.3 is 0 Å². The molecular weight excluding hydrogens is 275 g/mol. The molecule has 84 valence electrons. The third-order valence-corrected chi connectivity index (χ3v) is 3.48. The van der Waals surface area contributed by atoms with E-state index in [0.29, 0.717) is 5.92 Å². The number of hydrogen-bond acceptors (Lipinski definition) is 2. The van der Waals surface area contributed by atoms with Crippen LogP contribution in [0.2, 0.25) is 0 Å². The van der Waals surface area contributed by atoms with Crippen LogP contribution in [0.3, 0.4) is 0 Å². The lowest BCUT2D eigenvalue weighted by atomic mass is 9.93. The van der Waals surface area contributed by atoms with Crippen molar-refractivity contribution in [2.24, 2.45) is 11.7 Å². The van der Waals surface area contributed by atoms with Gasteiger partial charge in [0.2, 0.25) is 0 Å². The van der Waals surface area contributed by atoms with Gasteiger partial charge in [-0.25, -0.2) is 4.98 Å². The molecule has 1 atom stereocenters. The summed E-state index contributed by atoms with van der Waals surface area (Å²) in [5.74, 6) is 0.671. The van der Waals surface area contributed by atoms with Gasteiger partial charge in [-0.15, -0.1) is 12.4 Å². The van der Waals surface area contributed by atoms with Crippen molar-refractivity contribution >= 4 is 28.3 Å². The summed E-state index contributed by atoms with van der Waals surface area (Å²) in [6.07, 6.45) is 7.05. The maximum Gasteiger partial charge on any atom is 0.106 e. The Labute approximate surface area is 105 Å². The Kier molecular flexibility index (Phi) is 5.03. The van der Waals surface area contributed by atoms with E-state index in [9.17, 15) is 0 Å². The van der Waals surface area contributed by atoms with Gasteiger partial charge in [-0.2, -0.15) is 0 Å². The molecule has 0 radical (unpaired) electrons. The highest BCUT2D eigenvalue weighted by Crippen LogP contribution is 2.34. The molecule has 2 nitrogen and oxygen atoms in total. The van der Waals surface area contributed by atoms with E-state index in [0.717, 1.165) is 4.60 Å². The van der Waals surface area contributed by atoms with Gasteiger partial charge < -0.3 is 5.73 Å². The minimum atomic E-state index is 0. The lowest BCUT2D eigenvalue weighted by molar-refractivity contribution is 0.444. The molecule has 2 N–H and O–H groups in total. The molecule has 1 heterocycles. The molecule has 2 rings (SSSR count). The quantitative estimate of drug-likeness (QED) is 0.848. The molecule has 1 aromatic heterocycles. The van der Waals surface area contributed by atoms with Crippen LogP contribution in [-0.2, 0) is 0 Å². The number of aromatic nitrogens is 1. The van der Waals surface area contributed by atoms with E-state index in [1.54, 1.807) is 0 Å². The molecule has 1 aromatic rings. The molecule has 0 bridgehead atoms. The van der Waals surface area contributed by atoms with Crippen molar-refractivity contribution in [3.8, 4) is 0 Å². The topological polar surface area (TPSA) is 38.9 Å². The number of hydrogen-bond donors (Lipinski definition) is 1. The van der Waals surface area contributed by atoms with Gasteiger partial charge in [0.15, 0.2) is 0 Å². The summed E-state index contributed by atoms with van der Waals surface area (Å²) in [5.41, 5.74) is 7.43. The highest BCUT2D eigenvalue weighted by atomic mass is 79.9. The Morgan fingerprint density at radius 2 is 2.07 bits per heavy atom. The van der Waals surface area contributed by atoms with Crippen molar-refractivity contribution in [1.82, 2.24) is 4.98 Å². The van der Waals surface area contributed by atoms with Gasteiger partial charge in [-0.1, -0.05) is 12.8 Å². The Balaban J connectivity index is 0.00000112. The monoisotopic (exact) mass is 290 g/mol. The van der Waals surface area contributed by atoms with Crippen molar-refractivity contribution in [1.29, 1.82) is 0 Å². The molecule has 0 spiro atoms. The van der Waals surface area contributed by atoms with E-state index < -0.39 is 0 Å². The second-order valence-corrected chi connectivity index (χ2v) is 4.79. The Hall–Kier alpha value is -0.120. The fraction of sp³-hybridized carbons (Fsp3) is 0.545. The zero-order valence-corrected chi connectivity index (χ0v) is 10.9. The van der Waals surface area contributed by atoms with Crippen LogP contribution in [0.5, 0.6) is 0 Å². The summed E-state index contributed by atoms with van der Waals surface area (Å²) in [6.45, 7) is 0. The van der Waals surface area contributed by atoms with Crippen LogP contribution >= 0.6 is 28.3 Å². The Morgan fingerprint density at radius 1 is 1.40 bits per heavy atom.